The Morgan fingerprint density at radius 3 is 2.67 bits per heavy atom. The molecule has 2 N–H and O–H groups in total. The van der Waals surface area contributed by atoms with E-state index in [2.05, 4.69) is 22.2 Å². The third-order valence-corrected chi connectivity index (χ3v) is 4.32. The summed E-state index contributed by atoms with van der Waals surface area (Å²) < 4.78 is 5.42. The quantitative estimate of drug-likeness (QED) is 0.844. The summed E-state index contributed by atoms with van der Waals surface area (Å²) in [5, 5.41) is 13.9. The van der Waals surface area contributed by atoms with Crippen LogP contribution in [0.3, 0.4) is 0 Å². The average molecular weight is 293 g/mol. The molecule has 5 heteroatoms. The molecule has 0 amide bonds. The lowest BCUT2D eigenvalue weighted by atomic mass is 9.78. The molecule has 0 bridgehead atoms. The number of nitrogens with one attached hydrogen (secondary N) is 1. The second-order valence-electron chi connectivity index (χ2n) is 6.00. The van der Waals surface area contributed by atoms with Gasteiger partial charge in [-0.15, -0.1) is 0 Å². The van der Waals surface area contributed by atoms with E-state index in [1.165, 1.54) is 6.42 Å². The SMILES string of the molecule is CCOc1cc(NCC2(O)CCC(CC)CC2)nc(C)n1. The molecule has 21 heavy (non-hydrogen) atoms. The Bertz CT molecular complexity index is 457. The number of nitrogens with zero attached hydrogens (tertiary/aromatic N) is 2. The normalized spacial score (nSPS) is 25.6. The molecule has 0 unspecified atom stereocenters. The van der Waals surface area contributed by atoms with Gasteiger partial charge in [0.05, 0.1) is 12.2 Å². The molecule has 5 nitrogen and oxygen atoms in total. The molecule has 0 saturated heterocycles. The lowest BCUT2D eigenvalue weighted by Gasteiger charge is -2.36. The Hall–Kier alpha value is -1.36. The van der Waals surface area contributed by atoms with Crippen LogP contribution < -0.4 is 10.1 Å². The van der Waals surface area contributed by atoms with Gasteiger partial charge in [-0.2, -0.15) is 4.98 Å². The monoisotopic (exact) mass is 293 g/mol. The summed E-state index contributed by atoms with van der Waals surface area (Å²) in [6.07, 6.45) is 5.16. The highest BCUT2D eigenvalue weighted by molar-refractivity contribution is 5.38. The highest BCUT2D eigenvalue weighted by Gasteiger charge is 2.32. The number of aryl methyl sites for hydroxylation is 1. The summed E-state index contributed by atoms with van der Waals surface area (Å²) >= 11 is 0. The number of anilines is 1. The Morgan fingerprint density at radius 1 is 1.33 bits per heavy atom. The minimum absolute atomic E-state index is 0.533. The average Bonchev–Trinajstić information content (AvgIpc) is 2.46. The molecule has 1 aromatic heterocycles. The number of aromatic nitrogens is 2. The van der Waals surface area contributed by atoms with Crippen molar-refractivity contribution < 1.29 is 9.84 Å². The van der Waals surface area contributed by atoms with Crippen molar-refractivity contribution in [3.05, 3.63) is 11.9 Å². The van der Waals surface area contributed by atoms with Gasteiger partial charge in [-0.3, -0.25) is 0 Å². The smallest absolute Gasteiger partial charge is 0.218 e. The van der Waals surface area contributed by atoms with Crippen molar-refractivity contribution in [2.45, 2.75) is 58.5 Å². The van der Waals surface area contributed by atoms with E-state index >= 15 is 0 Å². The van der Waals surface area contributed by atoms with Crippen LogP contribution in [-0.4, -0.2) is 33.8 Å². The first-order valence-corrected chi connectivity index (χ1v) is 7.99. The van der Waals surface area contributed by atoms with Crippen molar-refractivity contribution in [1.29, 1.82) is 0 Å². The molecule has 118 valence electrons. The topological polar surface area (TPSA) is 67.3 Å². The Balaban J connectivity index is 1.93. The van der Waals surface area contributed by atoms with Crippen LogP contribution in [0.25, 0.3) is 0 Å². The fraction of sp³-hybridized carbons (Fsp3) is 0.750. The maximum atomic E-state index is 10.7. The lowest BCUT2D eigenvalue weighted by Crippen LogP contribution is -2.40. The van der Waals surface area contributed by atoms with Crippen LogP contribution in [0.1, 0.15) is 51.8 Å². The van der Waals surface area contributed by atoms with Crippen LogP contribution in [0, 0.1) is 12.8 Å². The minimum Gasteiger partial charge on any atom is -0.478 e. The van der Waals surface area contributed by atoms with Crippen LogP contribution in [0.2, 0.25) is 0 Å². The zero-order valence-electron chi connectivity index (χ0n) is 13.4. The summed E-state index contributed by atoms with van der Waals surface area (Å²) in [6, 6.07) is 1.79. The molecule has 1 aliphatic rings. The highest BCUT2D eigenvalue weighted by Crippen LogP contribution is 2.33. The van der Waals surface area contributed by atoms with Gasteiger partial charge in [0, 0.05) is 12.6 Å². The largest absolute Gasteiger partial charge is 0.478 e. The molecule has 1 aromatic rings. The molecule has 1 aliphatic carbocycles. The highest BCUT2D eigenvalue weighted by atomic mass is 16.5. The van der Waals surface area contributed by atoms with Crippen molar-refractivity contribution in [2.75, 3.05) is 18.5 Å². The van der Waals surface area contributed by atoms with Crippen LogP contribution in [0.5, 0.6) is 5.88 Å². The van der Waals surface area contributed by atoms with Crippen LogP contribution >= 0.6 is 0 Å². The van der Waals surface area contributed by atoms with E-state index < -0.39 is 5.60 Å². The predicted molar refractivity (Wildman–Crippen MR) is 83.6 cm³/mol. The van der Waals surface area contributed by atoms with Gasteiger partial charge >= 0.3 is 0 Å². The van der Waals surface area contributed by atoms with Crippen molar-refractivity contribution in [1.82, 2.24) is 9.97 Å². The maximum Gasteiger partial charge on any atom is 0.218 e. The Labute approximate surface area is 127 Å². The fourth-order valence-corrected chi connectivity index (χ4v) is 2.91. The van der Waals surface area contributed by atoms with Crippen LogP contribution in [0.15, 0.2) is 6.07 Å². The molecule has 1 heterocycles. The van der Waals surface area contributed by atoms with E-state index in [1.807, 2.05) is 13.8 Å². The van der Waals surface area contributed by atoms with Gasteiger partial charge in [-0.1, -0.05) is 13.3 Å². The lowest BCUT2D eigenvalue weighted by molar-refractivity contribution is 0.00222. The van der Waals surface area contributed by atoms with Crippen LogP contribution in [0.4, 0.5) is 5.82 Å². The number of hydrogen-bond donors (Lipinski definition) is 2. The number of hydrogen-bond acceptors (Lipinski definition) is 5. The summed E-state index contributed by atoms with van der Waals surface area (Å²) in [6.45, 7) is 7.12. The van der Waals surface area contributed by atoms with Gasteiger partial charge in [-0.05, 0) is 45.4 Å². The van der Waals surface area contributed by atoms with E-state index in [0.29, 0.717) is 24.9 Å². The van der Waals surface area contributed by atoms with E-state index in [-0.39, 0.29) is 0 Å². The summed E-state index contributed by atoms with van der Waals surface area (Å²) in [7, 11) is 0. The van der Waals surface area contributed by atoms with Crippen molar-refractivity contribution in [3.8, 4) is 5.88 Å². The Morgan fingerprint density at radius 2 is 2.05 bits per heavy atom. The molecule has 2 rings (SSSR count). The first-order chi connectivity index (χ1) is 10.0. The molecular formula is C16H27N3O2. The van der Waals surface area contributed by atoms with Crippen molar-refractivity contribution in [3.63, 3.8) is 0 Å². The van der Waals surface area contributed by atoms with E-state index in [9.17, 15) is 5.11 Å². The molecular weight excluding hydrogens is 266 g/mol. The number of rotatable bonds is 6. The van der Waals surface area contributed by atoms with Crippen molar-refractivity contribution >= 4 is 5.82 Å². The van der Waals surface area contributed by atoms with E-state index in [0.717, 1.165) is 37.4 Å². The zero-order chi connectivity index (χ0) is 15.3. The summed E-state index contributed by atoms with van der Waals surface area (Å²) in [5.41, 5.74) is -0.615. The molecule has 0 radical (unpaired) electrons. The first-order valence-electron chi connectivity index (χ1n) is 7.99. The maximum absolute atomic E-state index is 10.7. The van der Waals surface area contributed by atoms with Gasteiger partial charge in [0.25, 0.3) is 0 Å². The van der Waals surface area contributed by atoms with Gasteiger partial charge in [-0.25, -0.2) is 4.98 Å². The molecule has 0 spiro atoms. The first kappa shape index (κ1) is 16.0. The summed E-state index contributed by atoms with van der Waals surface area (Å²) in [4.78, 5) is 8.57. The zero-order valence-corrected chi connectivity index (χ0v) is 13.4. The number of ether oxygens (including phenoxy) is 1. The third kappa shape index (κ3) is 4.56. The van der Waals surface area contributed by atoms with Gasteiger partial charge < -0.3 is 15.2 Å². The minimum atomic E-state index is -0.615. The second-order valence-corrected chi connectivity index (χ2v) is 6.00. The molecule has 1 fully saturated rings. The van der Waals surface area contributed by atoms with E-state index in [1.54, 1.807) is 6.07 Å². The third-order valence-electron chi connectivity index (χ3n) is 4.32. The van der Waals surface area contributed by atoms with Gasteiger partial charge in [0.2, 0.25) is 5.88 Å². The molecule has 0 aliphatic heterocycles. The van der Waals surface area contributed by atoms with Crippen molar-refractivity contribution in [2.24, 2.45) is 5.92 Å². The fourth-order valence-electron chi connectivity index (χ4n) is 2.91. The van der Waals surface area contributed by atoms with E-state index in [4.69, 9.17) is 4.74 Å². The molecule has 0 atom stereocenters. The molecule has 0 aromatic carbocycles. The predicted octanol–water partition coefficient (Wildman–Crippen LogP) is 2.93. The second kappa shape index (κ2) is 7.07. The van der Waals surface area contributed by atoms with Gasteiger partial charge in [0.15, 0.2) is 0 Å². The molecule has 1 saturated carbocycles. The number of aliphatic hydroxyl groups is 1. The Kier molecular flexibility index (Phi) is 5.39. The van der Waals surface area contributed by atoms with Crippen LogP contribution in [-0.2, 0) is 0 Å². The van der Waals surface area contributed by atoms with Gasteiger partial charge in [0.1, 0.15) is 11.6 Å². The summed E-state index contributed by atoms with van der Waals surface area (Å²) in [5.74, 6) is 2.74. The standard InChI is InChI=1S/C16H27N3O2/c1-4-13-6-8-16(20,9-7-13)11-17-14-10-15(21-5-2)19-12(3)18-14/h10,13,20H,4-9,11H2,1-3H3,(H,17,18,19).